The van der Waals surface area contributed by atoms with Crippen LogP contribution in [0.3, 0.4) is 0 Å². The number of likely N-dealkylation sites (N-methyl/N-ethyl adjacent to an activating group) is 1. The van der Waals surface area contributed by atoms with Crippen molar-refractivity contribution in [2.45, 2.75) is 19.9 Å². The van der Waals surface area contributed by atoms with E-state index < -0.39 is 4.92 Å². The van der Waals surface area contributed by atoms with Crippen LogP contribution in [0.15, 0.2) is 18.2 Å². The molecule has 0 aliphatic heterocycles. The number of rotatable bonds is 8. The lowest BCUT2D eigenvalue weighted by Gasteiger charge is -2.22. The average molecular weight is 295 g/mol. The molecule has 0 unspecified atom stereocenters. The van der Waals surface area contributed by atoms with E-state index in [1.165, 1.54) is 12.1 Å². The molecule has 0 fully saturated rings. The summed E-state index contributed by atoms with van der Waals surface area (Å²) in [6, 6.07) is 4.43. The van der Waals surface area contributed by atoms with Crippen LogP contribution in [-0.2, 0) is 11.3 Å². The molecule has 0 saturated carbocycles. The lowest BCUT2D eigenvalue weighted by atomic mass is 10.1. The standard InChI is InChI=1S/C13H21N5O3/c1-3-6-17(9-13(19)15-2)8-10-7-11(18(20)21)4-5-12(10)16-14/h4-5,7,16H,3,6,8-9,14H2,1-2H3,(H,15,19). The van der Waals surface area contributed by atoms with Gasteiger partial charge in [0, 0.05) is 25.7 Å². The summed E-state index contributed by atoms with van der Waals surface area (Å²) < 4.78 is 0. The summed E-state index contributed by atoms with van der Waals surface area (Å²) in [6.07, 6.45) is 0.872. The number of nitrogens with zero attached hydrogens (tertiary/aromatic N) is 2. The number of carbonyl (C=O) groups excluding carboxylic acids is 1. The van der Waals surface area contributed by atoms with E-state index >= 15 is 0 Å². The van der Waals surface area contributed by atoms with Crippen molar-refractivity contribution in [3.8, 4) is 0 Å². The molecule has 0 atom stereocenters. The van der Waals surface area contributed by atoms with Crippen LogP contribution in [0.1, 0.15) is 18.9 Å². The number of nitrogens with two attached hydrogens (primary N) is 1. The van der Waals surface area contributed by atoms with Gasteiger partial charge < -0.3 is 10.7 Å². The van der Waals surface area contributed by atoms with E-state index in [1.54, 1.807) is 13.1 Å². The van der Waals surface area contributed by atoms with Crippen molar-refractivity contribution < 1.29 is 9.72 Å². The van der Waals surface area contributed by atoms with Crippen LogP contribution in [0.25, 0.3) is 0 Å². The second kappa shape index (κ2) is 8.18. The van der Waals surface area contributed by atoms with Crippen LogP contribution in [0.4, 0.5) is 11.4 Å². The largest absolute Gasteiger partial charge is 0.358 e. The van der Waals surface area contributed by atoms with Gasteiger partial charge in [0.05, 0.1) is 17.2 Å². The molecular formula is C13H21N5O3. The fourth-order valence-corrected chi connectivity index (χ4v) is 2.02. The highest BCUT2D eigenvalue weighted by Gasteiger charge is 2.15. The van der Waals surface area contributed by atoms with E-state index in [0.29, 0.717) is 24.3 Å². The predicted octanol–water partition coefficient (Wildman–Crippen LogP) is 0.838. The Kier molecular flexibility index (Phi) is 6.57. The smallest absolute Gasteiger partial charge is 0.269 e. The first-order valence-corrected chi connectivity index (χ1v) is 6.68. The third-order valence-electron chi connectivity index (χ3n) is 3.03. The molecule has 1 amide bonds. The van der Waals surface area contributed by atoms with E-state index in [2.05, 4.69) is 10.7 Å². The van der Waals surface area contributed by atoms with Gasteiger partial charge in [-0.3, -0.25) is 25.7 Å². The number of nitro groups is 1. The molecule has 1 aromatic rings. The predicted molar refractivity (Wildman–Crippen MR) is 80.5 cm³/mol. The zero-order valence-corrected chi connectivity index (χ0v) is 12.3. The van der Waals surface area contributed by atoms with Gasteiger partial charge in [0.15, 0.2) is 0 Å². The quantitative estimate of drug-likeness (QED) is 0.372. The first kappa shape index (κ1) is 16.9. The van der Waals surface area contributed by atoms with Crippen molar-refractivity contribution in [1.29, 1.82) is 0 Å². The first-order chi connectivity index (χ1) is 10.0. The van der Waals surface area contributed by atoms with Crippen molar-refractivity contribution >= 4 is 17.3 Å². The van der Waals surface area contributed by atoms with Crippen LogP contribution in [0.2, 0.25) is 0 Å². The molecule has 0 aliphatic rings. The topological polar surface area (TPSA) is 114 Å². The summed E-state index contributed by atoms with van der Waals surface area (Å²) in [5.41, 5.74) is 3.82. The molecule has 116 valence electrons. The van der Waals surface area contributed by atoms with Crippen LogP contribution in [0, 0.1) is 10.1 Å². The highest BCUT2D eigenvalue weighted by atomic mass is 16.6. The van der Waals surface area contributed by atoms with Crippen molar-refractivity contribution in [2.75, 3.05) is 25.6 Å². The molecule has 0 radical (unpaired) electrons. The number of non-ortho nitro benzene ring substituents is 1. The Bertz CT molecular complexity index is 507. The minimum Gasteiger partial charge on any atom is -0.358 e. The number of nitro benzene ring substituents is 1. The fourth-order valence-electron chi connectivity index (χ4n) is 2.02. The van der Waals surface area contributed by atoms with E-state index in [9.17, 15) is 14.9 Å². The molecule has 0 aliphatic carbocycles. The SMILES string of the molecule is CCCN(CC(=O)NC)Cc1cc([N+](=O)[O-])ccc1NN. The second-order valence-electron chi connectivity index (χ2n) is 4.63. The minimum absolute atomic E-state index is 0.000363. The molecule has 1 aromatic carbocycles. The number of hydrogen-bond acceptors (Lipinski definition) is 6. The van der Waals surface area contributed by atoms with E-state index in [4.69, 9.17) is 5.84 Å². The number of nitrogen functional groups attached to an aromatic ring is 1. The molecule has 8 heteroatoms. The second-order valence-corrected chi connectivity index (χ2v) is 4.63. The summed E-state index contributed by atoms with van der Waals surface area (Å²) in [7, 11) is 1.58. The number of nitrogens with one attached hydrogen (secondary N) is 2. The van der Waals surface area contributed by atoms with Crippen LogP contribution < -0.4 is 16.6 Å². The van der Waals surface area contributed by atoms with Gasteiger partial charge in [-0.15, -0.1) is 0 Å². The molecule has 0 heterocycles. The summed E-state index contributed by atoms with van der Waals surface area (Å²) in [4.78, 5) is 23.8. The van der Waals surface area contributed by atoms with Crippen LogP contribution in [-0.4, -0.2) is 35.9 Å². The van der Waals surface area contributed by atoms with Gasteiger partial charge in [0.2, 0.25) is 5.91 Å². The summed E-state index contributed by atoms with van der Waals surface area (Å²) in [5, 5.41) is 13.4. The van der Waals surface area contributed by atoms with Gasteiger partial charge in [-0.2, -0.15) is 0 Å². The third-order valence-corrected chi connectivity index (χ3v) is 3.03. The maximum atomic E-state index is 11.5. The third kappa shape index (κ3) is 5.01. The highest BCUT2D eigenvalue weighted by molar-refractivity contribution is 5.77. The zero-order chi connectivity index (χ0) is 15.8. The van der Waals surface area contributed by atoms with Gasteiger partial charge in [0.25, 0.3) is 5.69 Å². The molecule has 0 spiro atoms. The Labute approximate surface area is 123 Å². The molecule has 4 N–H and O–H groups in total. The van der Waals surface area contributed by atoms with Gasteiger partial charge in [0.1, 0.15) is 0 Å². The summed E-state index contributed by atoms with van der Waals surface area (Å²) in [6.45, 7) is 3.35. The Balaban J connectivity index is 2.97. The number of benzene rings is 1. The molecule has 0 saturated heterocycles. The Hall–Kier alpha value is -2.19. The maximum Gasteiger partial charge on any atom is 0.269 e. The Morgan fingerprint density at radius 2 is 2.19 bits per heavy atom. The number of anilines is 1. The highest BCUT2D eigenvalue weighted by Crippen LogP contribution is 2.23. The van der Waals surface area contributed by atoms with E-state index in [0.717, 1.165) is 6.42 Å². The molecule has 0 aromatic heterocycles. The van der Waals surface area contributed by atoms with E-state index in [-0.39, 0.29) is 18.1 Å². The molecular weight excluding hydrogens is 274 g/mol. The normalized spacial score (nSPS) is 10.5. The van der Waals surface area contributed by atoms with Crippen molar-refractivity contribution in [1.82, 2.24) is 10.2 Å². The number of hydrogen-bond donors (Lipinski definition) is 3. The van der Waals surface area contributed by atoms with Crippen LogP contribution in [0.5, 0.6) is 0 Å². The van der Waals surface area contributed by atoms with Crippen molar-refractivity contribution in [3.63, 3.8) is 0 Å². The first-order valence-electron chi connectivity index (χ1n) is 6.68. The number of carbonyl (C=O) groups is 1. The van der Waals surface area contributed by atoms with Crippen LogP contribution >= 0.6 is 0 Å². The van der Waals surface area contributed by atoms with Crippen molar-refractivity contribution in [2.24, 2.45) is 5.84 Å². The van der Waals surface area contributed by atoms with Crippen molar-refractivity contribution in [3.05, 3.63) is 33.9 Å². The molecule has 21 heavy (non-hydrogen) atoms. The molecule has 0 bridgehead atoms. The fraction of sp³-hybridized carbons (Fsp3) is 0.462. The monoisotopic (exact) mass is 295 g/mol. The Morgan fingerprint density at radius 1 is 1.48 bits per heavy atom. The maximum absolute atomic E-state index is 11.5. The summed E-state index contributed by atoms with van der Waals surface area (Å²) in [5.74, 6) is 5.34. The Morgan fingerprint density at radius 3 is 2.71 bits per heavy atom. The van der Waals surface area contributed by atoms with Gasteiger partial charge in [-0.1, -0.05) is 6.92 Å². The number of amides is 1. The number of hydrazine groups is 1. The van der Waals surface area contributed by atoms with Gasteiger partial charge in [-0.25, -0.2) is 0 Å². The van der Waals surface area contributed by atoms with Gasteiger partial charge in [-0.05, 0) is 24.6 Å². The lowest BCUT2D eigenvalue weighted by molar-refractivity contribution is -0.384. The average Bonchev–Trinajstić information content (AvgIpc) is 2.47. The van der Waals surface area contributed by atoms with E-state index in [1.807, 2.05) is 11.8 Å². The zero-order valence-electron chi connectivity index (χ0n) is 12.3. The summed E-state index contributed by atoms with van der Waals surface area (Å²) >= 11 is 0. The lowest BCUT2D eigenvalue weighted by Crippen LogP contribution is -2.36. The molecule has 8 nitrogen and oxygen atoms in total. The van der Waals surface area contributed by atoms with Gasteiger partial charge >= 0.3 is 0 Å². The minimum atomic E-state index is -0.452. The molecule has 1 rings (SSSR count).